The summed E-state index contributed by atoms with van der Waals surface area (Å²) < 4.78 is 9.12. The van der Waals surface area contributed by atoms with E-state index in [2.05, 4.69) is 22.2 Å². The van der Waals surface area contributed by atoms with Crippen LogP contribution >= 0.6 is 0 Å². The van der Waals surface area contributed by atoms with Crippen molar-refractivity contribution in [3.8, 4) is 0 Å². The van der Waals surface area contributed by atoms with Crippen LogP contribution in [-0.2, 0) is 17.9 Å². The van der Waals surface area contributed by atoms with Gasteiger partial charge in [0.25, 0.3) is 5.56 Å². The van der Waals surface area contributed by atoms with Crippen LogP contribution in [0.2, 0.25) is 0 Å². The summed E-state index contributed by atoms with van der Waals surface area (Å²) in [6, 6.07) is -0.149. The Kier molecular flexibility index (Phi) is 15.4. The molecule has 232 valence electrons. The van der Waals surface area contributed by atoms with Gasteiger partial charge in [-0.3, -0.25) is 19.0 Å². The highest BCUT2D eigenvalue weighted by Gasteiger charge is 2.35. The third-order valence-electron chi connectivity index (χ3n) is 8.57. The predicted molar refractivity (Wildman–Crippen MR) is 163 cm³/mol. The van der Waals surface area contributed by atoms with Crippen LogP contribution in [-0.4, -0.2) is 42.4 Å². The molecule has 3 unspecified atom stereocenters. The number of ether oxygens (including phenoxy) is 1. The first-order valence-corrected chi connectivity index (χ1v) is 16.4. The van der Waals surface area contributed by atoms with Crippen LogP contribution in [0, 0.1) is 12.8 Å². The summed E-state index contributed by atoms with van der Waals surface area (Å²) >= 11 is 0. The minimum Gasteiger partial charge on any atom is -0.393 e. The Labute approximate surface area is 246 Å². The summed E-state index contributed by atoms with van der Waals surface area (Å²) in [7, 11) is 0. The fourth-order valence-electron chi connectivity index (χ4n) is 6.02. The minimum absolute atomic E-state index is 0.0419. The van der Waals surface area contributed by atoms with E-state index in [4.69, 9.17) is 4.74 Å². The van der Waals surface area contributed by atoms with Crippen LogP contribution in [0.4, 0.5) is 0 Å². The SMILES string of the molecule is CCCCCCCCCCCCCCCCCCOCc1cn(CC2CC(n3cc(C)c(=O)[nH]c3=O)CC2O)nn1. The molecule has 2 N–H and O–H groups in total. The van der Waals surface area contributed by atoms with Gasteiger partial charge >= 0.3 is 5.69 Å². The number of hydrogen-bond donors (Lipinski definition) is 2. The molecule has 0 saturated heterocycles. The van der Waals surface area contributed by atoms with Gasteiger partial charge in [-0.1, -0.05) is 108 Å². The molecule has 0 aromatic carbocycles. The molecule has 1 saturated carbocycles. The molecule has 0 aliphatic heterocycles. The Hall–Kier alpha value is -2.26. The van der Waals surface area contributed by atoms with Crippen molar-refractivity contribution in [2.24, 2.45) is 5.92 Å². The number of nitrogens with one attached hydrogen (secondary N) is 1. The number of aryl methyl sites for hydroxylation is 1. The van der Waals surface area contributed by atoms with E-state index in [1.54, 1.807) is 22.4 Å². The smallest absolute Gasteiger partial charge is 0.328 e. The highest BCUT2D eigenvalue weighted by atomic mass is 16.5. The van der Waals surface area contributed by atoms with E-state index < -0.39 is 11.8 Å². The number of aromatic nitrogens is 5. The first-order valence-electron chi connectivity index (χ1n) is 16.4. The number of hydrogen-bond acceptors (Lipinski definition) is 6. The molecule has 1 fully saturated rings. The average Bonchev–Trinajstić information content (AvgIpc) is 3.56. The maximum atomic E-state index is 12.2. The third-order valence-corrected chi connectivity index (χ3v) is 8.57. The molecule has 0 radical (unpaired) electrons. The van der Waals surface area contributed by atoms with E-state index in [0.717, 1.165) is 18.7 Å². The Morgan fingerprint density at radius 1 is 0.878 bits per heavy atom. The van der Waals surface area contributed by atoms with Crippen molar-refractivity contribution in [1.82, 2.24) is 24.5 Å². The second-order valence-electron chi connectivity index (χ2n) is 12.2. The summed E-state index contributed by atoms with van der Waals surface area (Å²) in [4.78, 5) is 26.3. The number of unbranched alkanes of at least 4 members (excludes halogenated alkanes) is 15. The molecule has 0 amide bonds. The molecule has 1 aliphatic rings. The first kappa shape index (κ1) is 33.2. The first-order chi connectivity index (χ1) is 20.0. The van der Waals surface area contributed by atoms with Crippen molar-refractivity contribution in [2.75, 3.05) is 6.61 Å². The quantitative estimate of drug-likeness (QED) is 0.161. The Bertz CT molecular complexity index is 1090. The lowest BCUT2D eigenvalue weighted by Gasteiger charge is -2.14. The Morgan fingerprint density at radius 2 is 1.46 bits per heavy atom. The molecule has 9 heteroatoms. The van der Waals surface area contributed by atoms with Crippen LogP contribution in [0.5, 0.6) is 0 Å². The highest BCUT2D eigenvalue weighted by Crippen LogP contribution is 2.35. The van der Waals surface area contributed by atoms with Gasteiger partial charge < -0.3 is 9.84 Å². The molecule has 0 bridgehead atoms. The number of rotatable bonds is 22. The number of aromatic amines is 1. The lowest BCUT2D eigenvalue weighted by Crippen LogP contribution is -2.32. The van der Waals surface area contributed by atoms with Crippen molar-refractivity contribution < 1.29 is 9.84 Å². The number of H-pyrrole nitrogens is 1. The summed E-state index contributed by atoms with van der Waals surface area (Å²) in [6.45, 7) is 5.67. The second-order valence-corrected chi connectivity index (χ2v) is 12.2. The van der Waals surface area contributed by atoms with E-state index in [9.17, 15) is 14.7 Å². The van der Waals surface area contributed by atoms with Gasteiger partial charge in [0.1, 0.15) is 5.69 Å². The van der Waals surface area contributed by atoms with Crippen molar-refractivity contribution in [3.63, 3.8) is 0 Å². The molecule has 0 spiro atoms. The van der Waals surface area contributed by atoms with Crippen molar-refractivity contribution in [2.45, 2.75) is 155 Å². The van der Waals surface area contributed by atoms with Gasteiger partial charge in [-0.2, -0.15) is 0 Å². The van der Waals surface area contributed by atoms with Gasteiger partial charge in [0.05, 0.1) is 18.9 Å². The Morgan fingerprint density at radius 3 is 2.07 bits per heavy atom. The van der Waals surface area contributed by atoms with Crippen molar-refractivity contribution >= 4 is 0 Å². The van der Waals surface area contributed by atoms with Crippen LogP contribution in [0.1, 0.15) is 140 Å². The van der Waals surface area contributed by atoms with Gasteiger partial charge in [-0.15, -0.1) is 5.10 Å². The molecule has 41 heavy (non-hydrogen) atoms. The lowest BCUT2D eigenvalue weighted by molar-refractivity contribution is 0.114. The maximum Gasteiger partial charge on any atom is 0.328 e. The van der Waals surface area contributed by atoms with Gasteiger partial charge in [0, 0.05) is 36.9 Å². The van der Waals surface area contributed by atoms with Gasteiger partial charge in [-0.05, 0) is 26.2 Å². The normalized spacial score (nSPS) is 18.9. The number of nitrogens with zero attached hydrogens (tertiary/aromatic N) is 4. The largest absolute Gasteiger partial charge is 0.393 e. The fraction of sp³-hybridized carbons (Fsp3) is 0.812. The molecule has 2 heterocycles. The molecule has 3 atom stereocenters. The predicted octanol–water partition coefficient (Wildman–Crippen LogP) is 6.23. The molecule has 2 aromatic rings. The third kappa shape index (κ3) is 12.2. The monoisotopic (exact) mass is 573 g/mol. The van der Waals surface area contributed by atoms with Crippen LogP contribution in [0.25, 0.3) is 0 Å². The van der Waals surface area contributed by atoms with Gasteiger partial charge in [0.15, 0.2) is 0 Å². The van der Waals surface area contributed by atoms with E-state index in [1.807, 2.05) is 6.20 Å². The summed E-state index contributed by atoms with van der Waals surface area (Å²) in [5.74, 6) is -0.0419. The maximum absolute atomic E-state index is 12.2. The highest BCUT2D eigenvalue weighted by molar-refractivity contribution is 5.03. The Balaban J connectivity index is 1.17. The molecule has 1 aliphatic carbocycles. The molecule has 9 nitrogen and oxygen atoms in total. The zero-order valence-corrected chi connectivity index (χ0v) is 25.7. The minimum atomic E-state index is -0.544. The molecule has 3 rings (SSSR count). The average molecular weight is 574 g/mol. The number of aliphatic hydroxyl groups is 1. The summed E-state index contributed by atoms with van der Waals surface area (Å²) in [5, 5.41) is 19.0. The molecule has 2 aromatic heterocycles. The topological polar surface area (TPSA) is 115 Å². The van der Waals surface area contributed by atoms with Gasteiger partial charge in [0.2, 0.25) is 0 Å². The van der Waals surface area contributed by atoms with E-state index in [1.165, 1.54) is 96.3 Å². The zero-order valence-electron chi connectivity index (χ0n) is 25.7. The van der Waals surface area contributed by atoms with E-state index in [-0.39, 0.29) is 17.5 Å². The summed E-state index contributed by atoms with van der Waals surface area (Å²) in [6.07, 6.45) is 25.8. The summed E-state index contributed by atoms with van der Waals surface area (Å²) in [5.41, 5.74) is 0.484. The van der Waals surface area contributed by atoms with Crippen LogP contribution in [0.15, 0.2) is 22.0 Å². The van der Waals surface area contributed by atoms with Crippen molar-refractivity contribution in [3.05, 3.63) is 44.5 Å². The standard InChI is InChI=1S/C32H55N5O4/c1-3-4-5-6-7-8-9-10-11-12-13-14-15-16-17-18-19-41-25-28-24-36(35-34-28)23-27-20-29(21-30(27)38)37-22-26(2)31(39)33-32(37)40/h22,24,27,29-30,38H,3-21,23,25H2,1-2H3,(H,33,39,40). The second kappa shape index (κ2) is 19.0. The molecular formula is C32H55N5O4. The van der Waals surface area contributed by atoms with Crippen molar-refractivity contribution in [1.29, 1.82) is 0 Å². The van der Waals surface area contributed by atoms with Crippen LogP contribution < -0.4 is 11.2 Å². The van der Waals surface area contributed by atoms with Gasteiger partial charge in [-0.25, -0.2) is 4.79 Å². The van der Waals surface area contributed by atoms with Crippen LogP contribution in [0.3, 0.4) is 0 Å². The number of aliphatic hydroxyl groups excluding tert-OH is 1. The molecular weight excluding hydrogens is 518 g/mol. The van der Waals surface area contributed by atoms with E-state index >= 15 is 0 Å². The zero-order chi connectivity index (χ0) is 29.3. The lowest BCUT2D eigenvalue weighted by atomic mass is 10.0. The van der Waals surface area contributed by atoms with E-state index in [0.29, 0.717) is 31.6 Å². The fourth-order valence-corrected chi connectivity index (χ4v) is 6.02.